The molecule has 4 nitrogen and oxygen atoms in total. The van der Waals surface area contributed by atoms with Gasteiger partial charge in [-0.05, 0) is 12.0 Å². The van der Waals surface area contributed by atoms with Gasteiger partial charge in [-0.25, -0.2) is 0 Å². The van der Waals surface area contributed by atoms with E-state index in [0.29, 0.717) is 18.1 Å². The largest absolute Gasteiger partial charge is 0.350 e. The summed E-state index contributed by atoms with van der Waals surface area (Å²) in [6, 6.07) is 1.68. The number of nitrogens with zero attached hydrogens (tertiary/aromatic N) is 2. The number of hydrogen-bond acceptors (Lipinski definition) is 2. The molecule has 5 heteroatoms. The van der Waals surface area contributed by atoms with Crippen LogP contribution in [0.5, 0.6) is 0 Å². The standard InChI is InChI=1S/C9H14ClN3O/c1-7(5-10)6-11-9(14)8-3-4-13(2)12-8/h3-4,7H,5-6H2,1-2H3,(H,11,14). The number of carbonyl (C=O) groups excluding carboxylic acids is 1. The monoisotopic (exact) mass is 215 g/mol. The molecule has 0 aliphatic rings. The van der Waals surface area contributed by atoms with E-state index in [1.807, 2.05) is 6.92 Å². The highest BCUT2D eigenvalue weighted by molar-refractivity contribution is 6.18. The SMILES string of the molecule is CC(CCl)CNC(=O)c1ccn(C)n1. The van der Waals surface area contributed by atoms with E-state index in [-0.39, 0.29) is 11.8 Å². The molecule has 0 bridgehead atoms. The smallest absolute Gasteiger partial charge is 0.271 e. The molecule has 1 N–H and O–H groups in total. The van der Waals surface area contributed by atoms with Crippen LogP contribution in [0.2, 0.25) is 0 Å². The molecule has 14 heavy (non-hydrogen) atoms. The lowest BCUT2D eigenvalue weighted by atomic mass is 10.2. The van der Waals surface area contributed by atoms with Crippen molar-refractivity contribution in [1.29, 1.82) is 0 Å². The summed E-state index contributed by atoms with van der Waals surface area (Å²) >= 11 is 5.61. The Kier molecular flexibility index (Phi) is 3.95. The molecule has 1 aromatic heterocycles. The third-order valence-electron chi connectivity index (χ3n) is 1.82. The lowest BCUT2D eigenvalue weighted by molar-refractivity contribution is 0.0943. The van der Waals surface area contributed by atoms with E-state index in [2.05, 4.69) is 10.4 Å². The maximum absolute atomic E-state index is 11.4. The van der Waals surface area contributed by atoms with Gasteiger partial charge >= 0.3 is 0 Å². The maximum Gasteiger partial charge on any atom is 0.271 e. The zero-order valence-electron chi connectivity index (χ0n) is 8.33. The molecular formula is C9H14ClN3O. The molecule has 1 unspecified atom stereocenters. The number of halogens is 1. The summed E-state index contributed by atoms with van der Waals surface area (Å²) in [5.74, 6) is 0.676. The van der Waals surface area contributed by atoms with E-state index in [9.17, 15) is 4.79 Å². The molecule has 0 aliphatic carbocycles. The third kappa shape index (κ3) is 3.03. The molecule has 78 valence electrons. The zero-order valence-corrected chi connectivity index (χ0v) is 9.08. The van der Waals surface area contributed by atoms with Gasteiger partial charge in [0.05, 0.1) is 0 Å². The minimum atomic E-state index is -0.150. The van der Waals surface area contributed by atoms with Crippen LogP contribution in [0.25, 0.3) is 0 Å². The van der Waals surface area contributed by atoms with Crippen molar-refractivity contribution in [2.45, 2.75) is 6.92 Å². The number of hydrogen-bond donors (Lipinski definition) is 1. The topological polar surface area (TPSA) is 46.9 Å². The van der Waals surface area contributed by atoms with Gasteiger partial charge in [-0.3, -0.25) is 9.48 Å². The molecule has 0 spiro atoms. The van der Waals surface area contributed by atoms with Crippen LogP contribution in [-0.4, -0.2) is 28.1 Å². The Labute approximate surface area is 88.2 Å². The predicted octanol–water partition coefficient (Wildman–Crippen LogP) is 1.02. The first kappa shape index (κ1) is 11.0. The highest BCUT2D eigenvalue weighted by atomic mass is 35.5. The van der Waals surface area contributed by atoms with Crippen LogP contribution in [0, 0.1) is 5.92 Å². The molecule has 1 rings (SSSR count). The van der Waals surface area contributed by atoms with Crippen molar-refractivity contribution in [3.05, 3.63) is 18.0 Å². The van der Waals surface area contributed by atoms with E-state index in [1.54, 1.807) is 24.0 Å². The van der Waals surface area contributed by atoms with Crippen LogP contribution >= 0.6 is 11.6 Å². The molecule has 0 radical (unpaired) electrons. The minimum absolute atomic E-state index is 0.150. The molecule has 0 saturated heterocycles. The fourth-order valence-electron chi connectivity index (χ4n) is 0.948. The van der Waals surface area contributed by atoms with Crippen molar-refractivity contribution in [3.63, 3.8) is 0 Å². The van der Waals surface area contributed by atoms with Crippen molar-refractivity contribution >= 4 is 17.5 Å². The highest BCUT2D eigenvalue weighted by Gasteiger charge is 2.09. The van der Waals surface area contributed by atoms with E-state index in [1.165, 1.54) is 0 Å². The summed E-state index contributed by atoms with van der Waals surface area (Å²) in [6.07, 6.45) is 1.74. The average molecular weight is 216 g/mol. The van der Waals surface area contributed by atoms with Gasteiger partial charge in [-0.15, -0.1) is 11.6 Å². The van der Waals surface area contributed by atoms with Crippen LogP contribution < -0.4 is 5.32 Å². The Morgan fingerprint density at radius 1 is 1.79 bits per heavy atom. The van der Waals surface area contributed by atoms with Gasteiger partial charge in [0.15, 0.2) is 0 Å². The Hall–Kier alpha value is -1.03. The summed E-state index contributed by atoms with van der Waals surface area (Å²) in [5, 5.41) is 6.75. The Morgan fingerprint density at radius 3 is 3.00 bits per heavy atom. The van der Waals surface area contributed by atoms with Gasteiger partial charge in [-0.2, -0.15) is 5.10 Å². The average Bonchev–Trinajstić information content (AvgIpc) is 2.60. The first-order chi connectivity index (χ1) is 6.63. The number of rotatable bonds is 4. The van der Waals surface area contributed by atoms with Gasteiger partial charge in [0, 0.05) is 25.7 Å². The Balaban J connectivity index is 2.43. The van der Waals surface area contributed by atoms with Crippen LogP contribution in [-0.2, 0) is 7.05 Å². The van der Waals surface area contributed by atoms with Crippen molar-refractivity contribution in [3.8, 4) is 0 Å². The van der Waals surface area contributed by atoms with Crippen molar-refractivity contribution in [1.82, 2.24) is 15.1 Å². The van der Waals surface area contributed by atoms with Gasteiger partial charge in [0.1, 0.15) is 5.69 Å². The predicted molar refractivity (Wildman–Crippen MR) is 55.4 cm³/mol. The summed E-state index contributed by atoms with van der Waals surface area (Å²) in [5.41, 5.74) is 0.439. The number of alkyl halides is 1. The fraction of sp³-hybridized carbons (Fsp3) is 0.556. The first-order valence-corrected chi connectivity index (χ1v) is 5.00. The lowest BCUT2D eigenvalue weighted by Crippen LogP contribution is -2.29. The Bertz CT molecular complexity index is 311. The summed E-state index contributed by atoms with van der Waals surface area (Å²) in [4.78, 5) is 11.4. The van der Waals surface area contributed by atoms with E-state index in [4.69, 9.17) is 11.6 Å². The summed E-state index contributed by atoms with van der Waals surface area (Å²) in [6.45, 7) is 2.56. The molecule has 0 saturated carbocycles. The van der Waals surface area contributed by atoms with Crippen LogP contribution in [0.3, 0.4) is 0 Å². The van der Waals surface area contributed by atoms with Crippen LogP contribution in [0.4, 0.5) is 0 Å². The number of aromatic nitrogens is 2. The van der Waals surface area contributed by atoms with Gasteiger partial charge in [0.2, 0.25) is 0 Å². The summed E-state index contributed by atoms with van der Waals surface area (Å²) in [7, 11) is 1.78. The van der Waals surface area contributed by atoms with Gasteiger partial charge in [-0.1, -0.05) is 6.92 Å². The molecule has 0 fully saturated rings. The summed E-state index contributed by atoms with van der Waals surface area (Å²) < 4.78 is 1.60. The second-order valence-electron chi connectivity index (χ2n) is 3.34. The first-order valence-electron chi connectivity index (χ1n) is 4.47. The molecular weight excluding hydrogens is 202 g/mol. The molecule has 1 amide bonds. The van der Waals surface area contributed by atoms with Crippen molar-refractivity contribution in [2.24, 2.45) is 13.0 Å². The van der Waals surface area contributed by atoms with E-state index in [0.717, 1.165) is 0 Å². The molecule has 0 aliphatic heterocycles. The van der Waals surface area contributed by atoms with E-state index < -0.39 is 0 Å². The minimum Gasteiger partial charge on any atom is -0.350 e. The van der Waals surface area contributed by atoms with Crippen LogP contribution in [0.15, 0.2) is 12.3 Å². The Morgan fingerprint density at radius 2 is 2.50 bits per heavy atom. The number of amides is 1. The van der Waals surface area contributed by atoms with Gasteiger partial charge < -0.3 is 5.32 Å². The van der Waals surface area contributed by atoms with Crippen molar-refractivity contribution < 1.29 is 4.79 Å². The second kappa shape index (κ2) is 5.00. The highest BCUT2D eigenvalue weighted by Crippen LogP contribution is 1.97. The van der Waals surface area contributed by atoms with Crippen LogP contribution in [0.1, 0.15) is 17.4 Å². The van der Waals surface area contributed by atoms with Gasteiger partial charge in [0.25, 0.3) is 5.91 Å². The maximum atomic E-state index is 11.4. The number of carbonyl (C=O) groups is 1. The molecule has 0 aromatic carbocycles. The van der Waals surface area contributed by atoms with Crippen molar-refractivity contribution in [2.75, 3.05) is 12.4 Å². The second-order valence-corrected chi connectivity index (χ2v) is 3.65. The third-order valence-corrected chi connectivity index (χ3v) is 2.35. The normalized spacial score (nSPS) is 12.5. The zero-order chi connectivity index (χ0) is 10.6. The quantitative estimate of drug-likeness (QED) is 0.763. The number of aryl methyl sites for hydroxylation is 1. The molecule has 1 heterocycles. The molecule has 1 aromatic rings. The van der Waals surface area contributed by atoms with E-state index >= 15 is 0 Å². The molecule has 1 atom stereocenters. The fourth-order valence-corrected chi connectivity index (χ4v) is 1.06. The number of nitrogens with one attached hydrogen (secondary N) is 1. The lowest BCUT2D eigenvalue weighted by Gasteiger charge is -2.07.